The Balaban J connectivity index is 1.90. The molecule has 0 aliphatic carbocycles. The van der Waals surface area contributed by atoms with Gasteiger partial charge >= 0.3 is 0 Å². The van der Waals surface area contributed by atoms with E-state index in [-0.39, 0.29) is 17.5 Å². The molecule has 7 heteroatoms. The molecule has 0 radical (unpaired) electrons. The largest absolute Gasteiger partial charge is 0.383 e. The van der Waals surface area contributed by atoms with E-state index < -0.39 is 0 Å². The fourth-order valence-electron chi connectivity index (χ4n) is 3.22. The van der Waals surface area contributed by atoms with E-state index in [0.29, 0.717) is 30.4 Å². The molecule has 1 atom stereocenters. The summed E-state index contributed by atoms with van der Waals surface area (Å²) in [5.74, 6) is 0.359. The van der Waals surface area contributed by atoms with Crippen LogP contribution in [0.3, 0.4) is 0 Å². The van der Waals surface area contributed by atoms with Gasteiger partial charge in [0, 0.05) is 32.9 Å². The van der Waals surface area contributed by atoms with Crippen LogP contribution in [0, 0.1) is 5.92 Å². The van der Waals surface area contributed by atoms with E-state index in [1.54, 1.807) is 23.8 Å². The van der Waals surface area contributed by atoms with E-state index in [1.165, 1.54) is 0 Å². The molecular weight excluding hydrogens is 320 g/mol. The average molecular weight is 344 g/mol. The van der Waals surface area contributed by atoms with Crippen molar-refractivity contribution < 1.29 is 14.3 Å². The molecule has 0 bridgehead atoms. The van der Waals surface area contributed by atoms with Gasteiger partial charge in [0.15, 0.2) is 5.69 Å². The normalized spacial score (nSPS) is 17.7. The van der Waals surface area contributed by atoms with Gasteiger partial charge in [0.25, 0.3) is 11.8 Å². The number of amides is 2. The molecule has 2 aromatic rings. The molecule has 0 spiro atoms. The Morgan fingerprint density at radius 3 is 3.00 bits per heavy atom. The van der Waals surface area contributed by atoms with Crippen molar-refractivity contribution in [2.75, 3.05) is 33.4 Å². The van der Waals surface area contributed by atoms with Crippen molar-refractivity contribution in [3.8, 4) is 0 Å². The summed E-state index contributed by atoms with van der Waals surface area (Å²) in [6, 6.07) is 5.46. The molecule has 0 aromatic carbocycles. The number of carbonyl (C=O) groups is 2. The van der Waals surface area contributed by atoms with Gasteiger partial charge in [-0.1, -0.05) is 13.0 Å². The van der Waals surface area contributed by atoms with Crippen LogP contribution in [0.25, 0.3) is 5.52 Å². The van der Waals surface area contributed by atoms with Crippen LogP contribution in [0.5, 0.6) is 0 Å². The first-order valence-corrected chi connectivity index (χ1v) is 8.65. The van der Waals surface area contributed by atoms with E-state index in [0.717, 1.165) is 25.9 Å². The van der Waals surface area contributed by atoms with Gasteiger partial charge in [0.05, 0.1) is 12.1 Å². The molecule has 1 saturated heterocycles. The second-order valence-corrected chi connectivity index (χ2v) is 6.49. The van der Waals surface area contributed by atoms with Gasteiger partial charge < -0.3 is 15.0 Å². The van der Waals surface area contributed by atoms with Gasteiger partial charge in [-0.05, 0) is 30.9 Å². The molecule has 1 unspecified atom stereocenters. The van der Waals surface area contributed by atoms with Crippen LogP contribution in [0.15, 0.2) is 24.4 Å². The maximum absolute atomic E-state index is 12.9. The summed E-state index contributed by atoms with van der Waals surface area (Å²) in [6.07, 6.45) is 3.91. The first-order chi connectivity index (χ1) is 12.1. The third kappa shape index (κ3) is 3.66. The number of ether oxygens (including phenoxy) is 1. The van der Waals surface area contributed by atoms with Crippen molar-refractivity contribution in [2.24, 2.45) is 5.92 Å². The molecule has 25 heavy (non-hydrogen) atoms. The number of fused-ring (bicyclic) bond motifs is 1. The summed E-state index contributed by atoms with van der Waals surface area (Å²) in [7, 11) is 1.58. The highest BCUT2D eigenvalue weighted by molar-refractivity contribution is 6.02. The summed E-state index contributed by atoms with van der Waals surface area (Å²) in [6.45, 7) is 4.44. The zero-order chi connectivity index (χ0) is 17.8. The van der Waals surface area contributed by atoms with Crippen molar-refractivity contribution in [1.82, 2.24) is 19.6 Å². The molecule has 3 heterocycles. The lowest BCUT2D eigenvalue weighted by molar-refractivity contribution is 0.0670. The SMILES string of the molecule is COCCNC(=O)c1nc(C(=O)N2CCCC(C)C2)n2ccccc12. The summed E-state index contributed by atoms with van der Waals surface area (Å²) >= 11 is 0. The lowest BCUT2D eigenvalue weighted by Crippen LogP contribution is -2.40. The fraction of sp³-hybridized carbons (Fsp3) is 0.500. The summed E-state index contributed by atoms with van der Waals surface area (Å²) < 4.78 is 6.65. The molecule has 1 fully saturated rings. The molecular formula is C18H24N4O3. The van der Waals surface area contributed by atoms with Crippen LogP contribution in [0.4, 0.5) is 0 Å². The maximum atomic E-state index is 12.9. The number of hydrogen-bond donors (Lipinski definition) is 1. The number of hydrogen-bond acceptors (Lipinski definition) is 4. The number of likely N-dealkylation sites (tertiary alicyclic amines) is 1. The topological polar surface area (TPSA) is 75.9 Å². The van der Waals surface area contributed by atoms with Crippen LogP contribution in [0.2, 0.25) is 0 Å². The number of aromatic nitrogens is 2. The molecule has 2 aromatic heterocycles. The molecule has 0 saturated carbocycles. The second kappa shape index (κ2) is 7.65. The van der Waals surface area contributed by atoms with Crippen LogP contribution < -0.4 is 5.32 Å². The van der Waals surface area contributed by atoms with Crippen molar-refractivity contribution in [3.63, 3.8) is 0 Å². The van der Waals surface area contributed by atoms with Gasteiger partial charge in [0.1, 0.15) is 0 Å². The number of rotatable bonds is 5. The highest BCUT2D eigenvalue weighted by Gasteiger charge is 2.27. The van der Waals surface area contributed by atoms with E-state index in [4.69, 9.17) is 4.74 Å². The molecule has 7 nitrogen and oxygen atoms in total. The molecule has 1 aliphatic rings. The third-order valence-corrected chi connectivity index (χ3v) is 4.49. The molecule has 3 rings (SSSR count). The number of imidazole rings is 1. The van der Waals surface area contributed by atoms with Gasteiger partial charge in [-0.2, -0.15) is 0 Å². The summed E-state index contributed by atoms with van der Waals surface area (Å²) in [5.41, 5.74) is 0.899. The summed E-state index contributed by atoms with van der Waals surface area (Å²) in [4.78, 5) is 31.6. The standard InChI is InChI=1S/C18H24N4O3/c1-13-6-5-9-21(12-13)18(24)16-20-15(17(23)19-8-11-25-2)14-7-3-4-10-22(14)16/h3-4,7,10,13H,5-6,8-9,11-12H2,1-2H3,(H,19,23). The van der Waals surface area contributed by atoms with Crippen molar-refractivity contribution in [3.05, 3.63) is 35.9 Å². The zero-order valence-corrected chi connectivity index (χ0v) is 14.7. The van der Waals surface area contributed by atoms with E-state index in [9.17, 15) is 9.59 Å². The molecule has 1 aliphatic heterocycles. The lowest BCUT2D eigenvalue weighted by Gasteiger charge is -2.30. The predicted octanol–water partition coefficient (Wildman–Crippen LogP) is 1.58. The van der Waals surface area contributed by atoms with E-state index in [1.807, 2.05) is 17.0 Å². The summed E-state index contributed by atoms with van der Waals surface area (Å²) in [5, 5.41) is 2.77. The minimum atomic E-state index is -0.299. The highest BCUT2D eigenvalue weighted by atomic mass is 16.5. The van der Waals surface area contributed by atoms with Crippen molar-refractivity contribution >= 4 is 17.3 Å². The number of methoxy groups -OCH3 is 1. The zero-order valence-electron chi connectivity index (χ0n) is 14.7. The maximum Gasteiger partial charge on any atom is 0.290 e. The van der Waals surface area contributed by atoms with Crippen LogP contribution >= 0.6 is 0 Å². The Bertz CT molecular complexity index is 771. The molecule has 1 N–H and O–H groups in total. The van der Waals surface area contributed by atoms with Crippen LogP contribution in [-0.2, 0) is 4.74 Å². The van der Waals surface area contributed by atoms with Crippen molar-refractivity contribution in [2.45, 2.75) is 19.8 Å². The Kier molecular flexibility index (Phi) is 5.33. The second-order valence-electron chi connectivity index (χ2n) is 6.49. The minimum absolute atomic E-state index is 0.122. The monoisotopic (exact) mass is 344 g/mol. The Morgan fingerprint density at radius 2 is 2.24 bits per heavy atom. The number of carbonyl (C=O) groups excluding carboxylic acids is 2. The van der Waals surface area contributed by atoms with Gasteiger partial charge in [0.2, 0.25) is 5.82 Å². The number of pyridine rings is 1. The van der Waals surface area contributed by atoms with Gasteiger partial charge in [-0.25, -0.2) is 4.98 Å². The van der Waals surface area contributed by atoms with E-state index in [2.05, 4.69) is 17.2 Å². The Hall–Kier alpha value is -2.41. The van der Waals surface area contributed by atoms with Crippen molar-refractivity contribution in [1.29, 1.82) is 0 Å². The Morgan fingerprint density at radius 1 is 1.40 bits per heavy atom. The smallest absolute Gasteiger partial charge is 0.290 e. The number of nitrogens with zero attached hydrogens (tertiary/aromatic N) is 3. The van der Waals surface area contributed by atoms with E-state index >= 15 is 0 Å². The third-order valence-electron chi connectivity index (χ3n) is 4.49. The lowest BCUT2D eigenvalue weighted by atomic mass is 10.0. The highest BCUT2D eigenvalue weighted by Crippen LogP contribution is 2.20. The number of nitrogens with one attached hydrogen (secondary N) is 1. The first kappa shape index (κ1) is 17.4. The Labute approximate surface area is 147 Å². The van der Waals surface area contributed by atoms with Crippen LogP contribution in [-0.4, -0.2) is 59.4 Å². The van der Waals surface area contributed by atoms with Gasteiger partial charge in [-0.15, -0.1) is 0 Å². The molecule has 2 amide bonds. The quantitative estimate of drug-likeness (QED) is 0.836. The predicted molar refractivity (Wildman–Crippen MR) is 93.7 cm³/mol. The van der Waals surface area contributed by atoms with Gasteiger partial charge in [-0.3, -0.25) is 14.0 Å². The van der Waals surface area contributed by atoms with Crippen LogP contribution in [0.1, 0.15) is 40.9 Å². The average Bonchev–Trinajstić information content (AvgIpc) is 3.01. The fourth-order valence-corrected chi connectivity index (χ4v) is 3.22. The first-order valence-electron chi connectivity index (χ1n) is 8.65. The number of piperidine rings is 1. The molecule has 134 valence electrons. The minimum Gasteiger partial charge on any atom is -0.383 e.